The summed E-state index contributed by atoms with van der Waals surface area (Å²) < 4.78 is 0. The molecule has 0 saturated heterocycles. The van der Waals surface area contributed by atoms with Crippen LogP contribution in [0, 0.1) is 6.92 Å². The van der Waals surface area contributed by atoms with Gasteiger partial charge >= 0.3 is 0 Å². The van der Waals surface area contributed by atoms with Crippen molar-refractivity contribution in [2.45, 2.75) is 26.2 Å². The number of para-hydroxylation sites is 1. The molecule has 93 valence electrons. The van der Waals surface area contributed by atoms with Gasteiger partial charge in [0.25, 0.3) is 0 Å². The van der Waals surface area contributed by atoms with Crippen LogP contribution in [0.4, 0.5) is 0 Å². The third kappa shape index (κ3) is 2.56. The van der Waals surface area contributed by atoms with E-state index in [1.807, 2.05) is 24.3 Å². The van der Waals surface area contributed by atoms with E-state index in [0.29, 0.717) is 11.3 Å². The highest BCUT2D eigenvalue weighted by molar-refractivity contribution is 5.74. The number of hydrogen-bond acceptors (Lipinski definition) is 1. The molecule has 0 aliphatic heterocycles. The lowest BCUT2D eigenvalue weighted by atomic mass is 9.94. The topological polar surface area (TPSA) is 20.2 Å². The molecule has 0 atom stereocenters. The Hall–Kier alpha value is -1.76. The SMILES string of the molecule is [CH2]c1cccc(-c2ccccc2CCCC)c1O. The first-order chi connectivity index (χ1) is 8.74. The van der Waals surface area contributed by atoms with E-state index < -0.39 is 0 Å². The normalized spacial score (nSPS) is 10.6. The van der Waals surface area contributed by atoms with Crippen LogP contribution in [-0.4, -0.2) is 5.11 Å². The summed E-state index contributed by atoms with van der Waals surface area (Å²) in [7, 11) is 0. The Labute approximate surface area is 109 Å². The number of unbranched alkanes of at least 4 members (excludes halogenated alkanes) is 1. The van der Waals surface area contributed by atoms with Crippen LogP contribution >= 0.6 is 0 Å². The molecule has 0 spiro atoms. The molecule has 0 aromatic heterocycles. The van der Waals surface area contributed by atoms with E-state index in [9.17, 15) is 5.11 Å². The summed E-state index contributed by atoms with van der Waals surface area (Å²) in [6.07, 6.45) is 3.39. The predicted molar refractivity (Wildman–Crippen MR) is 76.6 cm³/mol. The monoisotopic (exact) mass is 239 g/mol. The van der Waals surface area contributed by atoms with Gasteiger partial charge in [-0.2, -0.15) is 0 Å². The van der Waals surface area contributed by atoms with Crippen molar-refractivity contribution >= 4 is 0 Å². The number of hydrogen-bond donors (Lipinski definition) is 1. The molecule has 2 rings (SSSR count). The van der Waals surface area contributed by atoms with Crippen molar-refractivity contribution in [3.63, 3.8) is 0 Å². The Bertz CT molecular complexity index is 529. The first-order valence-electron chi connectivity index (χ1n) is 6.46. The van der Waals surface area contributed by atoms with E-state index in [0.717, 1.165) is 17.5 Å². The van der Waals surface area contributed by atoms with Crippen molar-refractivity contribution in [1.29, 1.82) is 0 Å². The van der Waals surface area contributed by atoms with Crippen molar-refractivity contribution in [2.75, 3.05) is 0 Å². The van der Waals surface area contributed by atoms with E-state index in [4.69, 9.17) is 0 Å². The van der Waals surface area contributed by atoms with E-state index in [1.54, 1.807) is 0 Å². The van der Waals surface area contributed by atoms with E-state index in [1.165, 1.54) is 18.4 Å². The van der Waals surface area contributed by atoms with Crippen molar-refractivity contribution in [1.82, 2.24) is 0 Å². The van der Waals surface area contributed by atoms with Crippen LogP contribution in [-0.2, 0) is 6.42 Å². The summed E-state index contributed by atoms with van der Waals surface area (Å²) in [5, 5.41) is 10.1. The zero-order chi connectivity index (χ0) is 13.0. The van der Waals surface area contributed by atoms with Crippen LogP contribution in [0.15, 0.2) is 42.5 Å². The van der Waals surface area contributed by atoms with Gasteiger partial charge in [-0.15, -0.1) is 0 Å². The molecule has 1 heteroatoms. The molecular weight excluding hydrogens is 220 g/mol. The maximum Gasteiger partial charge on any atom is 0.126 e. The Morgan fingerprint density at radius 3 is 2.50 bits per heavy atom. The lowest BCUT2D eigenvalue weighted by Crippen LogP contribution is -1.91. The first-order valence-corrected chi connectivity index (χ1v) is 6.46. The number of phenolic OH excluding ortho intramolecular Hbond substituents is 1. The van der Waals surface area contributed by atoms with Gasteiger partial charge in [-0.25, -0.2) is 0 Å². The van der Waals surface area contributed by atoms with Crippen LogP contribution in [0.2, 0.25) is 0 Å². The third-order valence-corrected chi connectivity index (χ3v) is 3.23. The Morgan fingerprint density at radius 2 is 1.72 bits per heavy atom. The fourth-order valence-corrected chi connectivity index (χ4v) is 2.18. The zero-order valence-electron chi connectivity index (χ0n) is 10.8. The number of rotatable bonds is 4. The Kier molecular flexibility index (Phi) is 4.03. The number of aryl methyl sites for hydroxylation is 1. The fraction of sp³-hybridized carbons (Fsp3) is 0.235. The maximum absolute atomic E-state index is 10.1. The van der Waals surface area contributed by atoms with Gasteiger partial charge in [0.05, 0.1) is 0 Å². The van der Waals surface area contributed by atoms with Gasteiger partial charge in [-0.1, -0.05) is 55.8 Å². The maximum atomic E-state index is 10.1. The number of phenols is 1. The molecule has 0 amide bonds. The predicted octanol–water partition coefficient (Wildman–Crippen LogP) is 4.58. The molecule has 0 heterocycles. The van der Waals surface area contributed by atoms with Gasteiger partial charge in [-0.3, -0.25) is 0 Å². The minimum atomic E-state index is 0.293. The van der Waals surface area contributed by atoms with Crippen LogP contribution in [0.1, 0.15) is 30.9 Å². The average molecular weight is 239 g/mol. The number of aromatic hydroxyl groups is 1. The highest BCUT2D eigenvalue weighted by atomic mass is 16.3. The average Bonchev–Trinajstić information content (AvgIpc) is 2.40. The van der Waals surface area contributed by atoms with E-state index >= 15 is 0 Å². The van der Waals surface area contributed by atoms with Gasteiger partial charge in [0, 0.05) is 5.56 Å². The molecule has 0 fully saturated rings. The fourth-order valence-electron chi connectivity index (χ4n) is 2.18. The quantitative estimate of drug-likeness (QED) is 0.827. The molecular formula is C17H19O. The van der Waals surface area contributed by atoms with Crippen molar-refractivity contribution < 1.29 is 5.11 Å². The second-order valence-electron chi connectivity index (χ2n) is 4.57. The van der Waals surface area contributed by atoms with Crippen LogP contribution in [0.5, 0.6) is 5.75 Å². The standard InChI is InChI=1S/C17H19O/c1-3-4-9-14-10-5-6-11-15(14)16-12-7-8-13(2)17(16)18/h5-8,10-12,18H,2-4,9H2,1H3. The minimum Gasteiger partial charge on any atom is -0.507 e. The van der Waals surface area contributed by atoms with Crippen LogP contribution in [0.25, 0.3) is 11.1 Å². The zero-order valence-corrected chi connectivity index (χ0v) is 10.8. The smallest absolute Gasteiger partial charge is 0.126 e. The van der Waals surface area contributed by atoms with Crippen molar-refractivity contribution in [3.05, 3.63) is 60.5 Å². The Balaban J connectivity index is 2.46. The summed E-state index contributed by atoms with van der Waals surface area (Å²) >= 11 is 0. The molecule has 2 aromatic rings. The van der Waals surface area contributed by atoms with Crippen LogP contribution in [0.3, 0.4) is 0 Å². The van der Waals surface area contributed by atoms with Crippen molar-refractivity contribution in [2.24, 2.45) is 0 Å². The summed E-state index contributed by atoms with van der Waals surface area (Å²) in [6, 6.07) is 14.0. The van der Waals surface area contributed by atoms with Crippen molar-refractivity contribution in [3.8, 4) is 16.9 Å². The molecule has 2 aromatic carbocycles. The van der Waals surface area contributed by atoms with Gasteiger partial charge in [-0.05, 0) is 36.5 Å². The second kappa shape index (κ2) is 5.72. The molecule has 0 aliphatic carbocycles. The summed E-state index contributed by atoms with van der Waals surface area (Å²) in [6.45, 7) is 6.04. The van der Waals surface area contributed by atoms with Crippen LogP contribution < -0.4 is 0 Å². The van der Waals surface area contributed by atoms with Gasteiger partial charge in [0.1, 0.15) is 5.75 Å². The minimum absolute atomic E-state index is 0.293. The van der Waals surface area contributed by atoms with E-state index in [-0.39, 0.29) is 0 Å². The Morgan fingerprint density at radius 1 is 1.00 bits per heavy atom. The summed E-state index contributed by atoms with van der Waals surface area (Å²) in [5.41, 5.74) is 3.97. The first kappa shape index (κ1) is 12.7. The molecule has 0 bridgehead atoms. The largest absolute Gasteiger partial charge is 0.507 e. The molecule has 0 unspecified atom stereocenters. The molecule has 1 N–H and O–H groups in total. The third-order valence-electron chi connectivity index (χ3n) is 3.23. The van der Waals surface area contributed by atoms with Gasteiger partial charge in [0.15, 0.2) is 0 Å². The highest BCUT2D eigenvalue weighted by Gasteiger charge is 2.09. The van der Waals surface area contributed by atoms with Gasteiger partial charge < -0.3 is 5.11 Å². The summed E-state index contributed by atoms with van der Waals surface area (Å²) in [4.78, 5) is 0. The second-order valence-corrected chi connectivity index (χ2v) is 4.57. The lowest BCUT2D eigenvalue weighted by molar-refractivity contribution is 0.475. The highest BCUT2D eigenvalue weighted by Crippen LogP contribution is 2.34. The summed E-state index contributed by atoms with van der Waals surface area (Å²) in [5.74, 6) is 0.293. The molecule has 0 aliphatic rings. The number of benzene rings is 2. The van der Waals surface area contributed by atoms with Gasteiger partial charge in [0.2, 0.25) is 0 Å². The molecule has 1 nitrogen and oxygen atoms in total. The molecule has 1 radical (unpaired) electrons. The lowest BCUT2D eigenvalue weighted by Gasteiger charge is -2.12. The van der Waals surface area contributed by atoms with E-state index in [2.05, 4.69) is 32.0 Å². The molecule has 0 saturated carbocycles. The molecule has 18 heavy (non-hydrogen) atoms.